The number of hydrogen-bond acceptors (Lipinski definition) is 5. The van der Waals surface area contributed by atoms with Crippen LogP contribution in [0.4, 0.5) is 21.9 Å². The van der Waals surface area contributed by atoms with E-state index in [-0.39, 0.29) is 6.09 Å². The molecule has 1 fully saturated rings. The molecular formula is C21H34ClN5O2S. The molecule has 168 valence electrons. The number of benzene rings is 1. The number of halogens is 1. The minimum atomic E-state index is -0.501. The number of nitrogens with one attached hydrogen (secondary N) is 2. The van der Waals surface area contributed by atoms with Gasteiger partial charge in [-0.05, 0) is 58.0 Å². The average molecular weight is 456 g/mol. The van der Waals surface area contributed by atoms with Crippen LogP contribution < -0.4 is 21.3 Å². The van der Waals surface area contributed by atoms with Crippen molar-refractivity contribution in [1.29, 1.82) is 0 Å². The van der Waals surface area contributed by atoms with Gasteiger partial charge in [0, 0.05) is 32.2 Å². The number of thiocarbonyl (C=S) groups is 1. The van der Waals surface area contributed by atoms with E-state index in [0.29, 0.717) is 53.7 Å². The molecule has 0 radical (unpaired) electrons. The number of rotatable bonds is 5. The zero-order valence-corrected chi connectivity index (χ0v) is 20.1. The molecule has 1 heterocycles. The Hall–Kier alpha value is -1.93. The van der Waals surface area contributed by atoms with Crippen molar-refractivity contribution in [3.8, 4) is 0 Å². The molecule has 0 spiro atoms. The van der Waals surface area contributed by atoms with Crippen LogP contribution in [0.25, 0.3) is 0 Å². The Labute approximate surface area is 190 Å². The number of anilines is 3. The number of ether oxygens (including phenoxy) is 1. The Morgan fingerprint density at radius 1 is 1.23 bits per heavy atom. The summed E-state index contributed by atoms with van der Waals surface area (Å²) in [5.41, 5.74) is 7.86. The smallest absolute Gasteiger partial charge is 0.410 e. The second kappa shape index (κ2) is 10.4. The second-order valence-corrected chi connectivity index (χ2v) is 9.27. The number of amides is 1. The predicted molar refractivity (Wildman–Crippen MR) is 130 cm³/mol. The average Bonchev–Trinajstić information content (AvgIpc) is 2.67. The lowest BCUT2D eigenvalue weighted by atomic mass is 10.2. The highest BCUT2D eigenvalue weighted by Gasteiger charge is 2.27. The van der Waals surface area contributed by atoms with Crippen molar-refractivity contribution < 1.29 is 9.53 Å². The molecule has 0 aliphatic carbocycles. The number of hydrogen-bond donors (Lipinski definition) is 3. The number of piperazine rings is 1. The molecule has 0 aromatic heterocycles. The fourth-order valence-corrected chi connectivity index (χ4v) is 3.78. The molecule has 30 heavy (non-hydrogen) atoms. The summed E-state index contributed by atoms with van der Waals surface area (Å²) in [6, 6.07) is 3.98. The quantitative estimate of drug-likeness (QED) is 0.446. The standard InChI is InChI=1S/C21H34ClN5O2S/c1-6-14(7-2)24-19(30)25-17-12-15(22)18(13-16(17)23)26-8-10-27(11-9-26)20(28)29-21(3,4)5/h12-14H,6-11,23H2,1-5H3,(H2,24,25,30). The first-order chi connectivity index (χ1) is 14.0. The van der Waals surface area contributed by atoms with E-state index in [1.54, 1.807) is 11.0 Å². The van der Waals surface area contributed by atoms with Crippen molar-refractivity contribution in [1.82, 2.24) is 10.2 Å². The third-order valence-electron chi connectivity index (χ3n) is 4.96. The summed E-state index contributed by atoms with van der Waals surface area (Å²) in [6.07, 6.45) is 1.69. The van der Waals surface area contributed by atoms with Gasteiger partial charge in [0.05, 0.1) is 22.1 Å². The highest BCUT2D eigenvalue weighted by atomic mass is 35.5. The van der Waals surface area contributed by atoms with Gasteiger partial charge in [-0.15, -0.1) is 0 Å². The van der Waals surface area contributed by atoms with Gasteiger partial charge in [-0.3, -0.25) is 0 Å². The van der Waals surface area contributed by atoms with E-state index in [9.17, 15) is 4.79 Å². The molecule has 7 nitrogen and oxygen atoms in total. The zero-order valence-electron chi connectivity index (χ0n) is 18.5. The van der Waals surface area contributed by atoms with Crippen LogP contribution in [0.15, 0.2) is 12.1 Å². The van der Waals surface area contributed by atoms with Gasteiger partial charge < -0.3 is 30.9 Å². The lowest BCUT2D eigenvalue weighted by molar-refractivity contribution is 0.0240. The van der Waals surface area contributed by atoms with Crippen LogP contribution in [0, 0.1) is 0 Å². The van der Waals surface area contributed by atoms with Gasteiger partial charge in [-0.1, -0.05) is 25.4 Å². The number of nitrogens with two attached hydrogens (primary N) is 1. The lowest BCUT2D eigenvalue weighted by Gasteiger charge is -2.37. The predicted octanol–water partition coefficient (Wildman–Crippen LogP) is 4.45. The van der Waals surface area contributed by atoms with Gasteiger partial charge in [0.2, 0.25) is 0 Å². The van der Waals surface area contributed by atoms with Crippen LogP contribution in [0.1, 0.15) is 47.5 Å². The van der Waals surface area contributed by atoms with E-state index in [2.05, 4.69) is 29.4 Å². The normalized spacial score (nSPS) is 14.6. The van der Waals surface area contributed by atoms with Gasteiger partial charge in [0.15, 0.2) is 5.11 Å². The highest BCUT2D eigenvalue weighted by Crippen LogP contribution is 2.34. The van der Waals surface area contributed by atoms with Gasteiger partial charge in [-0.2, -0.15) is 0 Å². The minimum absolute atomic E-state index is 0.286. The summed E-state index contributed by atoms with van der Waals surface area (Å²) in [5, 5.41) is 7.55. The van der Waals surface area contributed by atoms with Crippen molar-refractivity contribution in [2.24, 2.45) is 0 Å². The monoisotopic (exact) mass is 455 g/mol. The molecule has 4 N–H and O–H groups in total. The fraction of sp³-hybridized carbons (Fsp3) is 0.619. The second-order valence-electron chi connectivity index (χ2n) is 8.46. The van der Waals surface area contributed by atoms with E-state index in [4.69, 9.17) is 34.3 Å². The molecule has 0 saturated carbocycles. The Balaban J connectivity index is 2.01. The van der Waals surface area contributed by atoms with Crippen molar-refractivity contribution in [2.75, 3.05) is 42.1 Å². The topological polar surface area (TPSA) is 82.9 Å². The van der Waals surface area contributed by atoms with E-state index in [1.807, 2.05) is 26.8 Å². The Bertz CT molecular complexity index is 756. The summed E-state index contributed by atoms with van der Waals surface area (Å²) in [6.45, 7) is 12.3. The van der Waals surface area contributed by atoms with Gasteiger partial charge in [0.1, 0.15) is 5.60 Å². The number of nitrogen functional groups attached to an aromatic ring is 1. The third kappa shape index (κ3) is 6.80. The molecule has 9 heteroatoms. The van der Waals surface area contributed by atoms with Crippen molar-refractivity contribution in [2.45, 2.75) is 59.1 Å². The van der Waals surface area contributed by atoms with E-state index >= 15 is 0 Å². The molecule has 1 amide bonds. The molecule has 1 aliphatic rings. The van der Waals surface area contributed by atoms with Crippen LogP contribution in [0.2, 0.25) is 5.02 Å². The first-order valence-corrected chi connectivity index (χ1v) is 11.2. The van der Waals surface area contributed by atoms with Gasteiger partial charge >= 0.3 is 6.09 Å². The third-order valence-corrected chi connectivity index (χ3v) is 5.48. The first-order valence-electron chi connectivity index (χ1n) is 10.4. The number of carbonyl (C=O) groups excluding carboxylic acids is 1. The van der Waals surface area contributed by atoms with Gasteiger partial charge in [-0.25, -0.2) is 4.79 Å². The van der Waals surface area contributed by atoms with Crippen molar-refractivity contribution >= 4 is 52.1 Å². The number of nitrogens with zero attached hydrogens (tertiary/aromatic N) is 2. The molecule has 0 unspecified atom stereocenters. The Morgan fingerprint density at radius 2 is 1.83 bits per heavy atom. The lowest BCUT2D eigenvalue weighted by Crippen LogP contribution is -2.50. The van der Waals surface area contributed by atoms with Crippen molar-refractivity contribution in [3.63, 3.8) is 0 Å². The maximum absolute atomic E-state index is 12.3. The summed E-state index contributed by atoms with van der Waals surface area (Å²) >= 11 is 12.0. The van der Waals surface area contributed by atoms with Crippen LogP contribution in [-0.4, -0.2) is 53.9 Å². The Morgan fingerprint density at radius 3 is 2.37 bits per heavy atom. The van der Waals surface area contributed by atoms with Gasteiger partial charge in [0.25, 0.3) is 0 Å². The maximum atomic E-state index is 12.3. The van der Waals surface area contributed by atoms with E-state index < -0.39 is 5.60 Å². The first kappa shape index (κ1) is 24.3. The molecule has 1 saturated heterocycles. The summed E-state index contributed by atoms with van der Waals surface area (Å²) in [4.78, 5) is 16.1. The van der Waals surface area contributed by atoms with Crippen molar-refractivity contribution in [3.05, 3.63) is 17.2 Å². The molecule has 1 aliphatic heterocycles. The summed E-state index contributed by atoms with van der Waals surface area (Å²) in [7, 11) is 0. The van der Waals surface area contributed by atoms with Crippen LogP contribution in [-0.2, 0) is 4.74 Å². The molecule has 2 rings (SSSR count). The molecule has 1 aromatic carbocycles. The molecule has 1 aromatic rings. The minimum Gasteiger partial charge on any atom is -0.444 e. The van der Waals surface area contributed by atoms with Crippen LogP contribution in [0.3, 0.4) is 0 Å². The maximum Gasteiger partial charge on any atom is 0.410 e. The number of carbonyl (C=O) groups is 1. The Kier molecular flexibility index (Phi) is 8.43. The summed E-state index contributed by atoms with van der Waals surface area (Å²) < 4.78 is 5.45. The van der Waals surface area contributed by atoms with Crippen LogP contribution >= 0.6 is 23.8 Å². The fourth-order valence-electron chi connectivity index (χ4n) is 3.22. The summed E-state index contributed by atoms with van der Waals surface area (Å²) in [5.74, 6) is 0. The SMILES string of the molecule is CCC(CC)NC(=S)Nc1cc(Cl)c(N2CCN(C(=O)OC(C)(C)C)CC2)cc1N. The van der Waals surface area contributed by atoms with Crippen LogP contribution in [0.5, 0.6) is 0 Å². The molecule has 0 atom stereocenters. The zero-order chi connectivity index (χ0) is 22.5. The largest absolute Gasteiger partial charge is 0.444 e. The molecular weight excluding hydrogens is 422 g/mol. The van der Waals surface area contributed by atoms with E-state index in [0.717, 1.165) is 18.5 Å². The highest BCUT2D eigenvalue weighted by molar-refractivity contribution is 7.80. The molecule has 0 bridgehead atoms. The van der Waals surface area contributed by atoms with E-state index in [1.165, 1.54) is 0 Å².